The maximum Gasteiger partial charge on any atom is 0.283 e. The van der Waals surface area contributed by atoms with Gasteiger partial charge in [-0.1, -0.05) is 20.3 Å². The van der Waals surface area contributed by atoms with Crippen LogP contribution < -0.4 is 10.9 Å². The van der Waals surface area contributed by atoms with E-state index in [-0.39, 0.29) is 5.56 Å². The molecule has 1 aromatic rings. The van der Waals surface area contributed by atoms with Crippen LogP contribution >= 0.6 is 15.9 Å². The minimum atomic E-state index is -0.0486. The number of rotatable bonds is 4. The van der Waals surface area contributed by atoms with Gasteiger partial charge in [0.1, 0.15) is 4.47 Å². The van der Waals surface area contributed by atoms with Gasteiger partial charge in [0, 0.05) is 12.6 Å². The maximum atomic E-state index is 12.0. The van der Waals surface area contributed by atoms with Gasteiger partial charge in [0.2, 0.25) is 0 Å². The standard InChI is InChI=1S/C13H20BrN3O/c1-3-7-17-13(18)12(14)11(8-15-17)16-10-6-4-5-9(10)2/h8-10,16H,3-7H2,1-2H3. The van der Waals surface area contributed by atoms with E-state index in [0.717, 1.165) is 12.1 Å². The van der Waals surface area contributed by atoms with Crippen molar-refractivity contribution in [3.8, 4) is 0 Å². The van der Waals surface area contributed by atoms with Crippen LogP contribution in [0.4, 0.5) is 5.69 Å². The van der Waals surface area contributed by atoms with E-state index in [1.807, 2.05) is 6.92 Å². The number of nitrogens with zero attached hydrogens (tertiary/aromatic N) is 2. The van der Waals surface area contributed by atoms with Crippen LogP contribution in [0.5, 0.6) is 0 Å². The molecule has 18 heavy (non-hydrogen) atoms. The Hall–Kier alpha value is -0.840. The molecule has 1 heterocycles. The molecule has 0 spiro atoms. The second-order valence-corrected chi connectivity index (χ2v) is 5.85. The first-order valence-electron chi connectivity index (χ1n) is 6.65. The summed E-state index contributed by atoms with van der Waals surface area (Å²) in [5.41, 5.74) is 0.776. The molecule has 4 nitrogen and oxygen atoms in total. The predicted molar refractivity (Wildman–Crippen MR) is 76.9 cm³/mol. The van der Waals surface area contributed by atoms with Crippen molar-refractivity contribution in [3.63, 3.8) is 0 Å². The van der Waals surface area contributed by atoms with Crippen molar-refractivity contribution in [1.82, 2.24) is 9.78 Å². The second-order valence-electron chi connectivity index (χ2n) is 5.06. The molecule has 0 aliphatic heterocycles. The lowest BCUT2D eigenvalue weighted by Crippen LogP contribution is -2.27. The van der Waals surface area contributed by atoms with Crippen molar-refractivity contribution in [2.45, 2.75) is 52.1 Å². The number of aromatic nitrogens is 2. The molecular formula is C13H20BrN3O. The van der Waals surface area contributed by atoms with Crippen LogP contribution in [0.3, 0.4) is 0 Å². The van der Waals surface area contributed by atoms with Crippen LogP contribution in [0.1, 0.15) is 39.5 Å². The van der Waals surface area contributed by atoms with Gasteiger partial charge in [-0.3, -0.25) is 4.79 Å². The summed E-state index contributed by atoms with van der Waals surface area (Å²) in [5, 5.41) is 7.65. The van der Waals surface area contributed by atoms with E-state index in [9.17, 15) is 4.79 Å². The molecular weight excluding hydrogens is 294 g/mol. The van der Waals surface area contributed by atoms with E-state index < -0.39 is 0 Å². The van der Waals surface area contributed by atoms with Crippen LogP contribution in [-0.4, -0.2) is 15.8 Å². The van der Waals surface area contributed by atoms with Gasteiger partial charge in [-0.15, -0.1) is 0 Å². The highest BCUT2D eigenvalue weighted by Gasteiger charge is 2.24. The van der Waals surface area contributed by atoms with E-state index in [0.29, 0.717) is 23.0 Å². The highest BCUT2D eigenvalue weighted by atomic mass is 79.9. The average Bonchev–Trinajstić information content (AvgIpc) is 2.75. The third-order valence-electron chi connectivity index (χ3n) is 3.62. The van der Waals surface area contributed by atoms with Crippen molar-refractivity contribution in [3.05, 3.63) is 21.0 Å². The Morgan fingerprint density at radius 2 is 2.33 bits per heavy atom. The van der Waals surface area contributed by atoms with E-state index in [2.05, 4.69) is 33.3 Å². The highest BCUT2D eigenvalue weighted by Crippen LogP contribution is 2.29. The summed E-state index contributed by atoms with van der Waals surface area (Å²) in [6.45, 7) is 4.95. The SMILES string of the molecule is CCCn1ncc(NC2CCCC2C)c(Br)c1=O. The smallest absolute Gasteiger partial charge is 0.283 e. The van der Waals surface area contributed by atoms with Crippen molar-refractivity contribution in [2.75, 3.05) is 5.32 Å². The Balaban J connectivity index is 2.19. The fourth-order valence-electron chi connectivity index (χ4n) is 2.50. The van der Waals surface area contributed by atoms with Crippen molar-refractivity contribution >= 4 is 21.6 Å². The van der Waals surface area contributed by atoms with Crippen molar-refractivity contribution in [1.29, 1.82) is 0 Å². The molecule has 1 aromatic heterocycles. The van der Waals surface area contributed by atoms with E-state index in [1.54, 1.807) is 6.20 Å². The number of aryl methyl sites for hydroxylation is 1. The van der Waals surface area contributed by atoms with Gasteiger partial charge in [0.15, 0.2) is 0 Å². The molecule has 5 heteroatoms. The fraction of sp³-hybridized carbons (Fsp3) is 0.692. The molecule has 1 aliphatic carbocycles. The maximum absolute atomic E-state index is 12.0. The summed E-state index contributed by atoms with van der Waals surface area (Å²) < 4.78 is 2.11. The zero-order valence-electron chi connectivity index (χ0n) is 10.9. The molecule has 1 saturated carbocycles. The Kier molecular flexibility index (Phi) is 4.43. The van der Waals surface area contributed by atoms with Gasteiger partial charge >= 0.3 is 0 Å². The molecule has 0 bridgehead atoms. The van der Waals surface area contributed by atoms with E-state index in [1.165, 1.54) is 23.9 Å². The van der Waals surface area contributed by atoms with Crippen LogP contribution in [0.2, 0.25) is 0 Å². The van der Waals surface area contributed by atoms with Crippen LogP contribution in [0, 0.1) is 5.92 Å². The number of hydrogen-bond acceptors (Lipinski definition) is 3. The zero-order chi connectivity index (χ0) is 13.1. The molecule has 1 N–H and O–H groups in total. The minimum Gasteiger partial charge on any atom is -0.380 e. The number of anilines is 1. The van der Waals surface area contributed by atoms with Crippen LogP contribution in [0.15, 0.2) is 15.5 Å². The number of halogens is 1. The Morgan fingerprint density at radius 3 is 2.94 bits per heavy atom. The number of hydrogen-bond donors (Lipinski definition) is 1. The Morgan fingerprint density at radius 1 is 1.56 bits per heavy atom. The summed E-state index contributed by atoms with van der Waals surface area (Å²) >= 11 is 3.39. The van der Waals surface area contributed by atoms with Crippen molar-refractivity contribution in [2.24, 2.45) is 5.92 Å². The van der Waals surface area contributed by atoms with E-state index >= 15 is 0 Å². The fourth-order valence-corrected chi connectivity index (χ4v) is 2.92. The first-order chi connectivity index (χ1) is 8.63. The van der Waals surface area contributed by atoms with Gasteiger partial charge in [-0.05, 0) is 41.1 Å². The topological polar surface area (TPSA) is 46.9 Å². The summed E-state index contributed by atoms with van der Waals surface area (Å²) in [6.07, 6.45) is 6.36. The molecule has 1 aliphatic rings. The van der Waals surface area contributed by atoms with Gasteiger partial charge in [0.25, 0.3) is 5.56 Å². The molecule has 2 rings (SSSR count). The second kappa shape index (κ2) is 5.87. The number of nitrogens with one attached hydrogen (secondary N) is 1. The lowest BCUT2D eigenvalue weighted by molar-refractivity contribution is 0.548. The largest absolute Gasteiger partial charge is 0.380 e. The Labute approximate surface area is 116 Å². The third kappa shape index (κ3) is 2.76. The highest BCUT2D eigenvalue weighted by molar-refractivity contribution is 9.10. The zero-order valence-corrected chi connectivity index (χ0v) is 12.5. The summed E-state index contributed by atoms with van der Waals surface area (Å²) in [7, 11) is 0. The summed E-state index contributed by atoms with van der Waals surface area (Å²) in [6, 6.07) is 0.463. The molecule has 0 amide bonds. The van der Waals surface area contributed by atoms with Crippen LogP contribution in [-0.2, 0) is 6.54 Å². The molecule has 2 unspecified atom stereocenters. The first-order valence-corrected chi connectivity index (χ1v) is 7.45. The predicted octanol–water partition coefficient (Wildman–Crippen LogP) is 3.02. The van der Waals surface area contributed by atoms with Crippen LogP contribution in [0.25, 0.3) is 0 Å². The molecule has 0 radical (unpaired) electrons. The van der Waals surface area contributed by atoms with Gasteiger partial charge in [-0.25, -0.2) is 4.68 Å². The summed E-state index contributed by atoms with van der Waals surface area (Å²) in [4.78, 5) is 12.0. The first kappa shape index (κ1) is 13.6. The van der Waals surface area contributed by atoms with Gasteiger partial charge in [0.05, 0.1) is 11.9 Å². The molecule has 100 valence electrons. The van der Waals surface area contributed by atoms with Gasteiger partial charge in [-0.2, -0.15) is 5.10 Å². The lowest BCUT2D eigenvalue weighted by Gasteiger charge is -2.19. The Bertz CT molecular complexity index is 472. The van der Waals surface area contributed by atoms with E-state index in [4.69, 9.17) is 0 Å². The van der Waals surface area contributed by atoms with Crippen molar-refractivity contribution < 1.29 is 0 Å². The quantitative estimate of drug-likeness (QED) is 0.929. The molecule has 2 atom stereocenters. The molecule has 0 saturated heterocycles. The molecule has 1 fully saturated rings. The lowest BCUT2D eigenvalue weighted by atomic mass is 10.1. The third-order valence-corrected chi connectivity index (χ3v) is 4.39. The average molecular weight is 314 g/mol. The summed E-state index contributed by atoms with van der Waals surface area (Å²) in [5.74, 6) is 0.662. The van der Waals surface area contributed by atoms with Gasteiger partial charge < -0.3 is 5.32 Å². The monoisotopic (exact) mass is 313 g/mol. The normalized spacial score (nSPS) is 23.3. The molecule has 0 aromatic carbocycles. The minimum absolute atomic E-state index is 0.0486.